The van der Waals surface area contributed by atoms with Crippen LogP contribution in [0.5, 0.6) is 5.75 Å². The highest BCUT2D eigenvalue weighted by Gasteiger charge is 2.31. The highest BCUT2D eigenvalue weighted by Crippen LogP contribution is 2.29. The van der Waals surface area contributed by atoms with E-state index >= 15 is 0 Å². The lowest BCUT2D eigenvalue weighted by Gasteiger charge is -2.23. The van der Waals surface area contributed by atoms with Gasteiger partial charge in [-0.25, -0.2) is 4.98 Å². The molecule has 2 aromatic heterocycles. The fourth-order valence-corrected chi connectivity index (χ4v) is 3.05. The molecular weight excluding hydrogens is 425 g/mol. The molecule has 3 rings (SSSR count). The number of rotatable bonds is 7. The Hall–Kier alpha value is -3.66. The van der Waals surface area contributed by atoms with E-state index in [1.807, 2.05) is 6.07 Å². The number of anilines is 2. The molecule has 0 spiro atoms. The Morgan fingerprint density at radius 1 is 1.22 bits per heavy atom. The number of carbonyl (C=O) groups is 1. The fraction of sp³-hybridized carbons (Fsp3) is 0.227. The van der Waals surface area contributed by atoms with Gasteiger partial charge >= 0.3 is 6.36 Å². The third-order valence-electron chi connectivity index (χ3n) is 4.35. The van der Waals surface area contributed by atoms with Crippen molar-refractivity contribution >= 4 is 17.4 Å². The Morgan fingerprint density at radius 2 is 1.94 bits per heavy atom. The molecule has 0 saturated carbocycles. The Morgan fingerprint density at radius 3 is 2.53 bits per heavy atom. The van der Waals surface area contributed by atoms with Gasteiger partial charge in [0.2, 0.25) is 0 Å². The summed E-state index contributed by atoms with van der Waals surface area (Å²) in [6, 6.07) is 10.1. The van der Waals surface area contributed by atoms with Gasteiger partial charge in [0.05, 0.1) is 11.7 Å². The molecular formula is C22H21F3N4O3. The van der Waals surface area contributed by atoms with Gasteiger partial charge in [-0.2, -0.15) is 0 Å². The van der Waals surface area contributed by atoms with Crippen molar-refractivity contribution in [2.45, 2.75) is 19.4 Å². The van der Waals surface area contributed by atoms with E-state index in [2.05, 4.69) is 20.0 Å². The van der Waals surface area contributed by atoms with Crippen LogP contribution in [0.3, 0.4) is 0 Å². The number of hydrogen-bond donors (Lipinski definition) is 2. The molecule has 3 aromatic rings. The Balaban J connectivity index is 1.85. The summed E-state index contributed by atoms with van der Waals surface area (Å²) in [5, 5.41) is 12.3. The predicted octanol–water partition coefficient (Wildman–Crippen LogP) is 4.11. The Bertz CT molecular complexity index is 1060. The number of nitrogens with one attached hydrogen (secondary N) is 1. The lowest BCUT2D eigenvalue weighted by Crippen LogP contribution is -2.28. The summed E-state index contributed by atoms with van der Waals surface area (Å²) in [7, 11) is 1.78. The summed E-state index contributed by atoms with van der Waals surface area (Å²) in [6.07, 6.45) is -0.723. The van der Waals surface area contributed by atoms with Gasteiger partial charge < -0.3 is 20.1 Å². The Kier molecular flexibility index (Phi) is 6.94. The van der Waals surface area contributed by atoms with E-state index in [0.29, 0.717) is 23.6 Å². The highest BCUT2D eigenvalue weighted by atomic mass is 19.4. The summed E-state index contributed by atoms with van der Waals surface area (Å²) in [5.41, 5.74) is 1.91. The van der Waals surface area contributed by atoms with Crippen molar-refractivity contribution in [1.82, 2.24) is 9.97 Å². The van der Waals surface area contributed by atoms with Crippen LogP contribution in [0.15, 0.2) is 61.1 Å². The van der Waals surface area contributed by atoms with Crippen molar-refractivity contribution in [2.75, 3.05) is 23.8 Å². The first-order valence-electron chi connectivity index (χ1n) is 9.59. The minimum absolute atomic E-state index is 0.244. The molecule has 0 aliphatic carbocycles. The first-order chi connectivity index (χ1) is 15.1. The number of hydrogen-bond acceptors (Lipinski definition) is 6. The number of nitrogens with zero attached hydrogens (tertiary/aromatic N) is 3. The molecule has 0 fully saturated rings. The van der Waals surface area contributed by atoms with E-state index in [0.717, 1.165) is 17.7 Å². The first kappa shape index (κ1) is 23.0. The minimum atomic E-state index is -4.79. The van der Waals surface area contributed by atoms with Crippen LogP contribution >= 0.6 is 0 Å². The second kappa shape index (κ2) is 9.65. The van der Waals surface area contributed by atoms with Gasteiger partial charge in [-0.05, 0) is 43.3 Å². The molecule has 0 bridgehead atoms. The molecule has 1 atom stereocenters. The SMILES string of the molecule is CC(O)CN(C)c1ncc(C(=O)Nc2ccc(OC(F)(F)F)cc2)cc1-c1cccnc1. The molecule has 168 valence electrons. The normalized spacial score (nSPS) is 12.2. The fourth-order valence-electron chi connectivity index (χ4n) is 3.05. The smallest absolute Gasteiger partial charge is 0.406 e. The predicted molar refractivity (Wildman–Crippen MR) is 113 cm³/mol. The average molecular weight is 446 g/mol. The maximum absolute atomic E-state index is 12.7. The van der Waals surface area contributed by atoms with Gasteiger partial charge in [0.15, 0.2) is 0 Å². The van der Waals surface area contributed by atoms with Gasteiger partial charge in [0.25, 0.3) is 5.91 Å². The van der Waals surface area contributed by atoms with E-state index in [1.54, 1.807) is 43.4 Å². The van der Waals surface area contributed by atoms with Crippen LogP contribution in [0, 0.1) is 0 Å². The third kappa shape index (κ3) is 6.17. The van der Waals surface area contributed by atoms with Crippen LogP contribution in [0.2, 0.25) is 0 Å². The number of pyridine rings is 2. The van der Waals surface area contributed by atoms with Crippen LogP contribution in [-0.2, 0) is 0 Å². The molecule has 2 N–H and O–H groups in total. The zero-order chi connectivity index (χ0) is 23.3. The van der Waals surface area contributed by atoms with Gasteiger partial charge in [-0.3, -0.25) is 9.78 Å². The van der Waals surface area contributed by atoms with Gasteiger partial charge in [-0.15, -0.1) is 13.2 Å². The number of likely N-dealkylation sites (N-methyl/N-ethyl adjacent to an activating group) is 1. The molecule has 7 nitrogen and oxygen atoms in total. The van der Waals surface area contributed by atoms with Crippen molar-refractivity contribution < 1.29 is 27.8 Å². The number of ether oxygens (including phenoxy) is 1. The maximum atomic E-state index is 12.7. The largest absolute Gasteiger partial charge is 0.573 e. The number of aliphatic hydroxyl groups is 1. The molecule has 0 saturated heterocycles. The lowest BCUT2D eigenvalue weighted by atomic mass is 10.1. The molecule has 1 aromatic carbocycles. The van der Waals surface area contributed by atoms with Crippen LogP contribution in [-0.4, -0.2) is 47.0 Å². The lowest BCUT2D eigenvalue weighted by molar-refractivity contribution is -0.274. The number of aromatic nitrogens is 2. The summed E-state index contributed by atoms with van der Waals surface area (Å²) < 4.78 is 40.7. The van der Waals surface area contributed by atoms with E-state index < -0.39 is 18.4 Å². The average Bonchev–Trinajstić information content (AvgIpc) is 2.74. The number of aliphatic hydroxyl groups excluding tert-OH is 1. The van der Waals surface area contributed by atoms with Crippen molar-refractivity contribution in [3.05, 3.63) is 66.6 Å². The van der Waals surface area contributed by atoms with Gasteiger partial charge in [-0.1, -0.05) is 6.07 Å². The van der Waals surface area contributed by atoms with Crippen molar-refractivity contribution in [3.8, 4) is 16.9 Å². The molecule has 32 heavy (non-hydrogen) atoms. The number of halogens is 3. The molecule has 2 heterocycles. The molecule has 0 radical (unpaired) electrons. The molecule has 10 heteroatoms. The molecule has 0 aliphatic rings. The van der Waals surface area contributed by atoms with Crippen LogP contribution in [0.1, 0.15) is 17.3 Å². The van der Waals surface area contributed by atoms with Crippen LogP contribution in [0.25, 0.3) is 11.1 Å². The van der Waals surface area contributed by atoms with Crippen molar-refractivity contribution in [2.24, 2.45) is 0 Å². The second-order valence-corrected chi connectivity index (χ2v) is 7.09. The summed E-state index contributed by atoms with van der Waals surface area (Å²) in [6.45, 7) is 1.99. The minimum Gasteiger partial charge on any atom is -0.406 e. The highest BCUT2D eigenvalue weighted by molar-refractivity contribution is 6.05. The maximum Gasteiger partial charge on any atom is 0.573 e. The number of carbonyl (C=O) groups excluding carboxylic acids is 1. The van der Waals surface area contributed by atoms with Gasteiger partial charge in [0.1, 0.15) is 11.6 Å². The number of amides is 1. The third-order valence-corrected chi connectivity index (χ3v) is 4.35. The van der Waals surface area contributed by atoms with Crippen molar-refractivity contribution in [3.63, 3.8) is 0 Å². The molecule has 0 aliphatic heterocycles. The number of benzene rings is 1. The first-order valence-corrected chi connectivity index (χ1v) is 9.59. The van der Waals surface area contributed by atoms with E-state index in [9.17, 15) is 23.1 Å². The van der Waals surface area contributed by atoms with Gasteiger partial charge in [0, 0.05) is 49.0 Å². The van der Waals surface area contributed by atoms with Crippen LogP contribution < -0.4 is 15.0 Å². The molecule has 1 unspecified atom stereocenters. The van der Waals surface area contributed by atoms with Crippen molar-refractivity contribution in [1.29, 1.82) is 0 Å². The summed E-state index contributed by atoms with van der Waals surface area (Å²) >= 11 is 0. The standard InChI is InChI=1S/C22H21F3N4O3/c1-14(30)13-29(2)20-19(15-4-3-9-26-11-15)10-16(12-27-20)21(31)28-17-5-7-18(8-6-17)32-22(23,24)25/h3-12,14,30H,13H2,1-2H3,(H,28,31). The zero-order valence-corrected chi connectivity index (χ0v) is 17.3. The Labute approximate surface area is 182 Å². The van der Waals surface area contributed by atoms with E-state index in [4.69, 9.17) is 0 Å². The summed E-state index contributed by atoms with van der Waals surface area (Å²) in [5.74, 6) is -0.317. The van der Waals surface area contributed by atoms with E-state index in [1.165, 1.54) is 18.3 Å². The quantitative estimate of drug-likeness (QED) is 0.568. The second-order valence-electron chi connectivity index (χ2n) is 7.09. The topological polar surface area (TPSA) is 87.6 Å². The number of alkyl halides is 3. The monoisotopic (exact) mass is 446 g/mol. The summed E-state index contributed by atoms with van der Waals surface area (Å²) in [4.78, 5) is 23.0. The van der Waals surface area contributed by atoms with Crippen LogP contribution in [0.4, 0.5) is 24.7 Å². The molecule has 1 amide bonds. The zero-order valence-electron chi connectivity index (χ0n) is 17.3. The van der Waals surface area contributed by atoms with E-state index in [-0.39, 0.29) is 11.3 Å².